The highest BCUT2D eigenvalue weighted by Crippen LogP contribution is 2.31. The zero-order valence-electron chi connectivity index (χ0n) is 14.4. The number of hydrogen-bond acceptors (Lipinski definition) is 6. The molecule has 0 aliphatic carbocycles. The number of esters is 1. The molecule has 0 N–H and O–H groups in total. The number of para-hydroxylation sites is 1. The molecule has 0 aliphatic rings. The van der Waals surface area contributed by atoms with Crippen molar-refractivity contribution in [2.45, 2.75) is 20.5 Å². The van der Waals surface area contributed by atoms with Crippen LogP contribution in [0.5, 0.6) is 5.75 Å². The highest BCUT2D eigenvalue weighted by atomic mass is 16.6. The SMILES string of the molecule is Cc1nc(COC(=O)COc2ccc3oc4ccccc4c3c2)oc1C. The number of rotatable bonds is 5. The van der Waals surface area contributed by atoms with Crippen LogP contribution in [-0.4, -0.2) is 17.6 Å². The van der Waals surface area contributed by atoms with Gasteiger partial charge in [0.2, 0.25) is 5.89 Å². The van der Waals surface area contributed by atoms with Crippen molar-refractivity contribution >= 4 is 27.9 Å². The molecule has 26 heavy (non-hydrogen) atoms. The lowest BCUT2D eigenvalue weighted by Gasteiger charge is -2.06. The van der Waals surface area contributed by atoms with E-state index in [1.165, 1.54) is 0 Å². The van der Waals surface area contributed by atoms with Gasteiger partial charge in [-0.25, -0.2) is 9.78 Å². The highest BCUT2D eigenvalue weighted by molar-refractivity contribution is 6.05. The normalized spacial score (nSPS) is 11.2. The van der Waals surface area contributed by atoms with Crippen LogP contribution in [0.4, 0.5) is 0 Å². The number of carbonyl (C=O) groups excluding carboxylic acids is 1. The summed E-state index contributed by atoms with van der Waals surface area (Å²) in [5, 5.41) is 1.95. The summed E-state index contributed by atoms with van der Waals surface area (Å²) in [4.78, 5) is 16.0. The van der Waals surface area contributed by atoms with Gasteiger partial charge in [-0.05, 0) is 38.1 Å². The fourth-order valence-corrected chi connectivity index (χ4v) is 2.72. The lowest BCUT2D eigenvalue weighted by Crippen LogP contribution is -2.14. The Balaban J connectivity index is 1.40. The minimum Gasteiger partial charge on any atom is -0.482 e. The van der Waals surface area contributed by atoms with E-state index in [-0.39, 0.29) is 13.2 Å². The zero-order valence-corrected chi connectivity index (χ0v) is 14.4. The predicted molar refractivity (Wildman–Crippen MR) is 95.0 cm³/mol. The summed E-state index contributed by atoms with van der Waals surface area (Å²) in [6.45, 7) is 3.44. The molecule has 0 aliphatic heterocycles. The van der Waals surface area contributed by atoms with Gasteiger partial charge in [0.05, 0.1) is 5.69 Å². The molecule has 0 fully saturated rings. The quantitative estimate of drug-likeness (QED) is 0.499. The Bertz CT molecular complexity index is 1070. The van der Waals surface area contributed by atoms with E-state index in [1.54, 1.807) is 6.07 Å². The molecule has 0 radical (unpaired) electrons. The second-order valence-electron chi connectivity index (χ2n) is 5.95. The molecule has 0 amide bonds. The number of furan rings is 1. The van der Waals surface area contributed by atoms with E-state index < -0.39 is 5.97 Å². The number of nitrogens with zero attached hydrogens (tertiary/aromatic N) is 1. The Kier molecular flexibility index (Phi) is 4.08. The second kappa shape index (κ2) is 6.55. The Labute approximate surface area is 149 Å². The molecule has 4 aromatic rings. The van der Waals surface area contributed by atoms with Crippen molar-refractivity contribution in [3.63, 3.8) is 0 Å². The van der Waals surface area contributed by atoms with Crippen LogP contribution in [0.25, 0.3) is 21.9 Å². The highest BCUT2D eigenvalue weighted by Gasteiger charge is 2.11. The number of carbonyl (C=O) groups is 1. The lowest BCUT2D eigenvalue weighted by atomic mass is 10.1. The number of benzene rings is 2. The topological polar surface area (TPSA) is 74.7 Å². The second-order valence-corrected chi connectivity index (χ2v) is 5.95. The number of oxazole rings is 1. The lowest BCUT2D eigenvalue weighted by molar-refractivity contribution is -0.148. The van der Waals surface area contributed by atoms with Gasteiger partial charge in [0.15, 0.2) is 13.2 Å². The average molecular weight is 351 g/mol. The minimum absolute atomic E-state index is 0.0116. The maximum Gasteiger partial charge on any atom is 0.344 e. The number of aromatic nitrogens is 1. The first-order chi connectivity index (χ1) is 12.6. The zero-order chi connectivity index (χ0) is 18.1. The molecule has 0 saturated heterocycles. The first kappa shape index (κ1) is 16.2. The van der Waals surface area contributed by atoms with Crippen molar-refractivity contribution in [1.82, 2.24) is 4.98 Å². The van der Waals surface area contributed by atoms with Gasteiger partial charge in [-0.3, -0.25) is 0 Å². The molecular formula is C20H17NO5. The van der Waals surface area contributed by atoms with Gasteiger partial charge < -0.3 is 18.3 Å². The summed E-state index contributed by atoms with van der Waals surface area (Å²) in [7, 11) is 0. The fraction of sp³-hybridized carbons (Fsp3) is 0.200. The van der Waals surface area contributed by atoms with E-state index in [4.69, 9.17) is 18.3 Å². The molecule has 6 nitrogen and oxygen atoms in total. The van der Waals surface area contributed by atoms with Crippen LogP contribution in [0.1, 0.15) is 17.3 Å². The Hall–Kier alpha value is -3.28. The molecule has 0 unspecified atom stereocenters. The van der Waals surface area contributed by atoms with Crippen LogP contribution in [0.15, 0.2) is 51.3 Å². The molecule has 0 atom stereocenters. The predicted octanol–water partition coefficient (Wildman–Crippen LogP) is 4.31. The van der Waals surface area contributed by atoms with E-state index >= 15 is 0 Å². The molecular weight excluding hydrogens is 334 g/mol. The van der Waals surface area contributed by atoms with E-state index in [2.05, 4.69) is 4.98 Å². The fourth-order valence-electron chi connectivity index (χ4n) is 2.72. The van der Waals surface area contributed by atoms with Crippen LogP contribution in [0.3, 0.4) is 0 Å². The van der Waals surface area contributed by atoms with E-state index in [9.17, 15) is 4.79 Å². The van der Waals surface area contributed by atoms with Crippen LogP contribution in [0, 0.1) is 13.8 Å². The molecule has 4 rings (SSSR count). The summed E-state index contributed by atoms with van der Waals surface area (Å²) in [5.41, 5.74) is 2.37. The minimum atomic E-state index is -0.490. The van der Waals surface area contributed by atoms with Gasteiger partial charge >= 0.3 is 5.97 Å². The maximum atomic E-state index is 11.9. The molecule has 0 saturated carbocycles. The Morgan fingerprint density at radius 3 is 2.65 bits per heavy atom. The van der Waals surface area contributed by atoms with E-state index in [0.29, 0.717) is 17.4 Å². The number of hydrogen-bond donors (Lipinski definition) is 0. The largest absolute Gasteiger partial charge is 0.482 e. The molecule has 2 heterocycles. The Morgan fingerprint density at radius 2 is 1.85 bits per heavy atom. The maximum absolute atomic E-state index is 11.9. The van der Waals surface area contributed by atoms with Crippen molar-refractivity contribution in [2.75, 3.05) is 6.61 Å². The van der Waals surface area contributed by atoms with Crippen LogP contribution in [-0.2, 0) is 16.1 Å². The first-order valence-electron chi connectivity index (χ1n) is 8.23. The first-order valence-corrected chi connectivity index (χ1v) is 8.23. The Morgan fingerprint density at radius 1 is 1.04 bits per heavy atom. The monoisotopic (exact) mass is 351 g/mol. The van der Waals surface area contributed by atoms with Gasteiger partial charge in [-0.2, -0.15) is 0 Å². The average Bonchev–Trinajstić information content (AvgIpc) is 3.17. The third kappa shape index (κ3) is 3.13. The number of ether oxygens (including phenoxy) is 2. The molecule has 2 aromatic carbocycles. The third-order valence-electron chi connectivity index (χ3n) is 4.13. The molecule has 6 heteroatoms. The van der Waals surface area contributed by atoms with Crippen LogP contribution >= 0.6 is 0 Å². The summed E-state index contributed by atoms with van der Waals surface area (Å²) in [6.07, 6.45) is 0. The van der Waals surface area contributed by atoms with Crippen LogP contribution < -0.4 is 4.74 Å². The van der Waals surface area contributed by atoms with Crippen molar-refractivity contribution < 1.29 is 23.1 Å². The molecule has 0 spiro atoms. The smallest absolute Gasteiger partial charge is 0.344 e. The number of fused-ring (bicyclic) bond motifs is 3. The van der Waals surface area contributed by atoms with E-state index in [0.717, 1.165) is 27.6 Å². The van der Waals surface area contributed by atoms with Crippen molar-refractivity contribution in [1.29, 1.82) is 0 Å². The van der Waals surface area contributed by atoms with Crippen molar-refractivity contribution in [3.05, 3.63) is 59.8 Å². The summed E-state index contributed by atoms with van der Waals surface area (Å²) >= 11 is 0. The van der Waals surface area contributed by atoms with Crippen molar-refractivity contribution in [3.8, 4) is 5.75 Å². The van der Waals surface area contributed by atoms with Gasteiger partial charge in [0, 0.05) is 10.8 Å². The van der Waals surface area contributed by atoms with Gasteiger partial charge in [0.25, 0.3) is 0 Å². The van der Waals surface area contributed by atoms with Crippen molar-refractivity contribution in [2.24, 2.45) is 0 Å². The van der Waals surface area contributed by atoms with Gasteiger partial charge in [-0.1, -0.05) is 18.2 Å². The standard InChI is InChI=1S/C20H17NO5/c1-12-13(2)25-19(21-12)10-24-20(22)11-23-14-7-8-18-16(9-14)15-5-3-4-6-17(15)26-18/h3-9H,10-11H2,1-2H3. The number of aryl methyl sites for hydroxylation is 2. The van der Waals surface area contributed by atoms with Gasteiger partial charge in [0.1, 0.15) is 22.7 Å². The third-order valence-corrected chi connectivity index (χ3v) is 4.13. The molecule has 2 aromatic heterocycles. The molecule has 132 valence electrons. The molecule has 0 bridgehead atoms. The summed E-state index contributed by atoms with van der Waals surface area (Å²) in [6, 6.07) is 13.2. The van der Waals surface area contributed by atoms with Gasteiger partial charge in [-0.15, -0.1) is 0 Å². The van der Waals surface area contributed by atoms with Crippen LogP contribution in [0.2, 0.25) is 0 Å². The van der Waals surface area contributed by atoms with E-state index in [1.807, 2.05) is 50.2 Å². The summed E-state index contributed by atoms with van der Waals surface area (Å²) in [5.74, 6) is 1.17. The summed E-state index contributed by atoms with van der Waals surface area (Å²) < 4.78 is 21.8.